The summed E-state index contributed by atoms with van der Waals surface area (Å²) >= 11 is 0. The van der Waals surface area contributed by atoms with E-state index in [0.29, 0.717) is 11.8 Å². The molecule has 0 saturated carbocycles. The van der Waals surface area contributed by atoms with Crippen molar-refractivity contribution in [2.24, 2.45) is 0 Å². The molecule has 1 heterocycles. The van der Waals surface area contributed by atoms with Gasteiger partial charge < -0.3 is 10.4 Å². The number of hydrogen-bond donors (Lipinski definition) is 2. The van der Waals surface area contributed by atoms with Gasteiger partial charge >= 0.3 is 0 Å². The highest BCUT2D eigenvalue weighted by atomic mass is 16.3. The SMILES string of the molecule is Oc1ccccc1CC1CCN1. The van der Waals surface area contributed by atoms with Crippen molar-refractivity contribution in [3.63, 3.8) is 0 Å². The van der Waals surface area contributed by atoms with Gasteiger partial charge in [-0.1, -0.05) is 18.2 Å². The van der Waals surface area contributed by atoms with Gasteiger partial charge in [-0.05, 0) is 31.0 Å². The van der Waals surface area contributed by atoms with Crippen molar-refractivity contribution in [1.29, 1.82) is 0 Å². The summed E-state index contributed by atoms with van der Waals surface area (Å²) in [6.45, 7) is 1.12. The molecule has 1 aliphatic heterocycles. The first-order valence-corrected chi connectivity index (χ1v) is 4.36. The molecular formula is C10H13NO. The topological polar surface area (TPSA) is 32.3 Å². The van der Waals surface area contributed by atoms with E-state index >= 15 is 0 Å². The number of nitrogens with one attached hydrogen (secondary N) is 1. The standard InChI is InChI=1S/C10H13NO/c12-10-4-2-1-3-8(10)7-9-5-6-11-9/h1-4,9,11-12H,5-7H2. The van der Waals surface area contributed by atoms with E-state index in [9.17, 15) is 5.11 Å². The molecule has 0 aliphatic carbocycles. The number of benzene rings is 1. The van der Waals surface area contributed by atoms with Gasteiger partial charge in [-0.15, -0.1) is 0 Å². The molecule has 1 aromatic rings. The van der Waals surface area contributed by atoms with Crippen LogP contribution in [-0.4, -0.2) is 17.7 Å². The number of phenols is 1. The fourth-order valence-corrected chi connectivity index (χ4v) is 1.47. The van der Waals surface area contributed by atoms with Crippen LogP contribution in [0.2, 0.25) is 0 Å². The third-order valence-corrected chi connectivity index (χ3v) is 2.38. The summed E-state index contributed by atoms with van der Waals surface area (Å²) < 4.78 is 0. The maximum Gasteiger partial charge on any atom is 0.118 e. The monoisotopic (exact) mass is 163 g/mol. The molecule has 1 aromatic carbocycles. The minimum Gasteiger partial charge on any atom is -0.508 e. The van der Waals surface area contributed by atoms with E-state index in [1.54, 1.807) is 6.07 Å². The number of hydrogen-bond acceptors (Lipinski definition) is 2. The molecule has 0 aromatic heterocycles. The Hall–Kier alpha value is -1.02. The third-order valence-electron chi connectivity index (χ3n) is 2.38. The molecule has 0 radical (unpaired) electrons. The Kier molecular flexibility index (Phi) is 2.00. The third kappa shape index (κ3) is 1.43. The number of rotatable bonds is 2. The first kappa shape index (κ1) is 7.62. The molecule has 1 aliphatic rings. The zero-order valence-corrected chi connectivity index (χ0v) is 6.96. The van der Waals surface area contributed by atoms with Crippen LogP contribution in [0.25, 0.3) is 0 Å². The first-order chi connectivity index (χ1) is 5.86. The molecule has 0 bridgehead atoms. The number of phenolic OH excluding ortho intramolecular Hbond substituents is 1. The van der Waals surface area contributed by atoms with Gasteiger partial charge in [0.2, 0.25) is 0 Å². The summed E-state index contributed by atoms with van der Waals surface area (Å²) in [5.74, 6) is 0.422. The van der Waals surface area contributed by atoms with Crippen LogP contribution in [0.1, 0.15) is 12.0 Å². The smallest absolute Gasteiger partial charge is 0.118 e. The zero-order valence-electron chi connectivity index (χ0n) is 6.96. The molecule has 1 atom stereocenters. The Bertz CT molecular complexity index is 268. The van der Waals surface area contributed by atoms with E-state index in [4.69, 9.17) is 0 Å². The molecule has 1 unspecified atom stereocenters. The summed E-state index contributed by atoms with van der Waals surface area (Å²) in [5.41, 5.74) is 1.05. The quantitative estimate of drug-likeness (QED) is 0.688. The predicted octanol–water partition coefficient (Wildman–Crippen LogP) is 1.30. The highest BCUT2D eigenvalue weighted by Gasteiger charge is 2.17. The number of aromatic hydroxyl groups is 1. The Morgan fingerprint density at radius 3 is 2.75 bits per heavy atom. The fourth-order valence-electron chi connectivity index (χ4n) is 1.47. The summed E-state index contributed by atoms with van der Waals surface area (Å²) in [4.78, 5) is 0. The van der Waals surface area contributed by atoms with Crippen LogP contribution in [0.3, 0.4) is 0 Å². The van der Waals surface area contributed by atoms with Crippen molar-refractivity contribution in [2.45, 2.75) is 18.9 Å². The number of para-hydroxylation sites is 1. The largest absolute Gasteiger partial charge is 0.508 e. The Morgan fingerprint density at radius 1 is 1.42 bits per heavy atom. The molecule has 2 rings (SSSR count). The summed E-state index contributed by atoms with van der Waals surface area (Å²) in [6.07, 6.45) is 2.18. The summed E-state index contributed by atoms with van der Waals surface area (Å²) in [7, 11) is 0. The second-order valence-corrected chi connectivity index (χ2v) is 3.27. The molecule has 64 valence electrons. The molecule has 0 spiro atoms. The van der Waals surface area contributed by atoms with Gasteiger partial charge in [0.15, 0.2) is 0 Å². The summed E-state index contributed by atoms with van der Waals surface area (Å²) in [5, 5.41) is 12.8. The second kappa shape index (κ2) is 3.15. The second-order valence-electron chi connectivity index (χ2n) is 3.27. The minimum atomic E-state index is 0.422. The van der Waals surface area contributed by atoms with Crippen LogP contribution in [0.4, 0.5) is 0 Å². The maximum atomic E-state index is 9.45. The lowest BCUT2D eigenvalue weighted by Crippen LogP contribution is -2.44. The summed E-state index contributed by atoms with van der Waals surface area (Å²) in [6, 6.07) is 8.13. The van der Waals surface area contributed by atoms with Crippen LogP contribution < -0.4 is 5.32 Å². The average molecular weight is 163 g/mol. The zero-order chi connectivity index (χ0) is 8.39. The van der Waals surface area contributed by atoms with Crippen LogP contribution in [0, 0.1) is 0 Å². The van der Waals surface area contributed by atoms with E-state index in [2.05, 4.69) is 5.32 Å². The molecule has 12 heavy (non-hydrogen) atoms. The fraction of sp³-hybridized carbons (Fsp3) is 0.400. The van der Waals surface area contributed by atoms with Crippen LogP contribution in [0.15, 0.2) is 24.3 Å². The lowest BCUT2D eigenvalue weighted by atomic mass is 9.98. The van der Waals surface area contributed by atoms with Crippen molar-refractivity contribution in [2.75, 3.05) is 6.54 Å². The molecule has 2 heteroatoms. The average Bonchev–Trinajstić information content (AvgIpc) is 2.00. The lowest BCUT2D eigenvalue weighted by molar-refractivity contribution is 0.363. The molecule has 2 N–H and O–H groups in total. The Morgan fingerprint density at radius 2 is 2.17 bits per heavy atom. The Balaban J connectivity index is 2.06. The van der Waals surface area contributed by atoms with Gasteiger partial charge in [-0.3, -0.25) is 0 Å². The lowest BCUT2D eigenvalue weighted by Gasteiger charge is -2.27. The van der Waals surface area contributed by atoms with Crippen molar-refractivity contribution in [3.8, 4) is 5.75 Å². The maximum absolute atomic E-state index is 9.45. The first-order valence-electron chi connectivity index (χ1n) is 4.36. The molecular weight excluding hydrogens is 150 g/mol. The minimum absolute atomic E-state index is 0.422. The van der Waals surface area contributed by atoms with E-state index in [1.807, 2.05) is 18.2 Å². The van der Waals surface area contributed by atoms with Crippen molar-refractivity contribution in [3.05, 3.63) is 29.8 Å². The highest BCUT2D eigenvalue weighted by molar-refractivity contribution is 5.32. The van der Waals surface area contributed by atoms with Gasteiger partial charge in [0.25, 0.3) is 0 Å². The van der Waals surface area contributed by atoms with E-state index in [1.165, 1.54) is 6.42 Å². The van der Waals surface area contributed by atoms with Gasteiger partial charge in [0, 0.05) is 6.04 Å². The van der Waals surface area contributed by atoms with Crippen molar-refractivity contribution >= 4 is 0 Å². The van der Waals surface area contributed by atoms with Crippen LogP contribution in [-0.2, 0) is 6.42 Å². The highest BCUT2D eigenvalue weighted by Crippen LogP contribution is 2.19. The normalized spacial score (nSPS) is 21.8. The molecule has 2 nitrogen and oxygen atoms in total. The van der Waals surface area contributed by atoms with Crippen LogP contribution in [0.5, 0.6) is 5.75 Å². The van der Waals surface area contributed by atoms with E-state index < -0.39 is 0 Å². The van der Waals surface area contributed by atoms with Gasteiger partial charge in [0.05, 0.1) is 0 Å². The van der Waals surface area contributed by atoms with E-state index in [-0.39, 0.29) is 0 Å². The molecule has 0 amide bonds. The predicted molar refractivity (Wildman–Crippen MR) is 48.2 cm³/mol. The van der Waals surface area contributed by atoms with Crippen LogP contribution >= 0.6 is 0 Å². The van der Waals surface area contributed by atoms with Gasteiger partial charge in [-0.2, -0.15) is 0 Å². The molecule has 1 fully saturated rings. The molecule has 1 saturated heterocycles. The van der Waals surface area contributed by atoms with E-state index in [0.717, 1.165) is 18.5 Å². The van der Waals surface area contributed by atoms with Crippen molar-refractivity contribution < 1.29 is 5.11 Å². The van der Waals surface area contributed by atoms with Gasteiger partial charge in [0.1, 0.15) is 5.75 Å². The van der Waals surface area contributed by atoms with Gasteiger partial charge in [-0.25, -0.2) is 0 Å². The van der Waals surface area contributed by atoms with Crippen molar-refractivity contribution in [1.82, 2.24) is 5.32 Å². The Labute approximate surface area is 72.2 Å².